The first kappa shape index (κ1) is 18.2. The molecule has 0 radical (unpaired) electrons. The highest BCUT2D eigenvalue weighted by Crippen LogP contribution is 2.38. The summed E-state index contributed by atoms with van der Waals surface area (Å²) in [4.78, 5) is 24.3. The maximum absolute atomic E-state index is 12.8. The molecule has 2 N–H and O–H groups in total. The van der Waals surface area contributed by atoms with Gasteiger partial charge in [0.2, 0.25) is 5.75 Å². The number of methoxy groups -OCH3 is 3. The van der Waals surface area contributed by atoms with Crippen LogP contribution in [0.15, 0.2) is 27.8 Å². The van der Waals surface area contributed by atoms with E-state index in [4.69, 9.17) is 20.1 Å². The van der Waals surface area contributed by atoms with Gasteiger partial charge in [0.1, 0.15) is 0 Å². The van der Waals surface area contributed by atoms with Gasteiger partial charge in [-0.3, -0.25) is 4.79 Å². The van der Waals surface area contributed by atoms with Gasteiger partial charge in [-0.15, -0.1) is 0 Å². The lowest BCUT2D eigenvalue weighted by molar-refractivity contribution is -0.143. The number of nitrogens with two attached hydrogens (primary N) is 1. The zero-order valence-electron chi connectivity index (χ0n) is 13.4. The molecule has 136 valence electrons. The molecule has 2 aromatic rings. The molecule has 11 heteroatoms. The van der Waals surface area contributed by atoms with Crippen molar-refractivity contribution in [2.24, 2.45) is 0 Å². The van der Waals surface area contributed by atoms with Crippen molar-refractivity contribution in [1.29, 1.82) is 0 Å². The molecule has 0 fully saturated rings. The van der Waals surface area contributed by atoms with Crippen molar-refractivity contribution in [3.8, 4) is 22.9 Å². The maximum atomic E-state index is 12.8. The van der Waals surface area contributed by atoms with Gasteiger partial charge in [-0.1, -0.05) is 0 Å². The third-order valence-corrected chi connectivity index (χ3v) is 3.34. The zero-order valence-corrected chi connectivity index (χ0v) is 13.4. The summed E-state index contributed by atoms with van der Waals surface area (Å²) in [5, 5.41) is 0. The van der Waals surface area contributed by atoms with Crippen LogP contribution in [-0.4, -0.2) is 30.6 Å². The number of hydrogen-bond acceptors (Lipinski definition) is 6. The number of nitrogens with zero attached hydrogens (tertiary/aromatic N) is 2. The Morgan fingerprint density at radius 3 is 1.88 bits per heavy atom. The molecular formula is C14H14F3N3O5. The molecule has 8 nitrogen and oxygen atoms in total. The van der Waals surface area contributed by atoms with E-state index in [0.717, 1.165) is 0 Å². The minimum atomic E-state index is -4.96. The first-order valence-electron chi connectivity index (χ1n) is 6.67. The number of aromatic nitrogens is 2. The molecule has 0 atom stereocenters. The summed E-state index contributed by atoms with van der Waals surface area (Å²) in [5.74, 6) is 5.60. The molecule has 1 aromatic heterocycles. The summed E-state index contributed by atoms with van der Waals surface area (Å²) in [6.07, 6.45) is -4.96. The zero-order chi connectivity index (χ0) is 18.9. The van der Waals surface area contributed by atoms with Crippen LogP contribution in [0.25, 0.3) is 5.69 Å². The molecule has 0 saturated carbocycles. The number of ether oxygens (including phenoxy) is 3. The molecule has 0 aliphatic heterocycles. The van der Waals surface area contributed by atoms with Crippen molar-refractivity contribution in [2.45, 2.75) is 6.18 Å². The molecule has 0 aliphatic rings. The monoisotopic (exact) mass is 361 g/mol. The van der Waals surface area contributed by atoms with Crippen molar-refractivity contribution in [2.75, 3.05) is 27.2 Å². The van der Waals surface area contributed by atoms with Gasteiger partial charge in [0.05, 0.1) is 27.0 Å². The van der Waals surface area contributed by atoms with Gasteiger partial charge in [-0.25, -0.2) is 14.0 Å². The van der Waals surface area contributed by atoms with Crippen molar-refractivity contribution in [3.63, 3.8) is 0 Å². The number of rotatable bonds is 4. The summed E-state index contributed by atoms with van der Waals surface area (Å²) in [5.41, 5.74) is -4.26. The van der Waals surface area contributed by atoms with Crippen LogP contribution in [0.5, 0.6) is 17.2 Å². The Bertz CT molecular complexity index is 892. The van der Waals surface area contributed by atoms with Crippen LogP contribution in [0.3, 0.4) is 0 Å². The summed E-state index contributed by atoms with van der Waals surface area (Å²) in [6, 6.07) is 2.69. The third-order valence-electron chi connectivity index (χ3n) is 3.34. The molecule has 1 heterocycles. The van der Waals surface area contributed by atoms with E-state index in [1.54, 1.807) is 0 Å². The van der Waals surface area contributed by atoms with Crippen LogP contribution in [0.1, 0.15) is 5.69 Å². The van der Waals surface area contributed by atoms with E-state index in [2.05, 4.69) is 0 Å². The number of alkyl halides is 3. The summed E-state index contributed by atoms with van der Waals surface area (Å²) < 4.78 is 54.1. The molecule has 0 spiro atoms. The predicted octanol–water partition coefficient (Wildman–Crippen LogP) is 0.758. The van der Waals surface area contributed by atoms with Crippen LogP contribution < -0.4 is 31.3 Å². The van der Waals surface area contributed by atoms with Gasteiger partial charge >= 0.3 is 11.9 Å². The van der Waals surface area contributed by atoms with E-state index in [9.17, 15) is 22.8 Å². The fourth-order valence-corrected chi connectivity index (χ4v) is 2.21. The van der Waals surface area contributed by atoms with E-state index in [-0.39, 0.29) is 33.7 Å². The van der Waals surface area contributed by atoms with E-state index >= 15 is 0 Å². The summed E-state index contributed by atoms with van der Waals surface area (Å²) in [7, 11) is 3.95. The third kappa shape index (κ3) is 3.12. The SMILES string of the molecule is COc1cc(-n2c(=O)cc(C(F)(F)F)n(N)c2=O)cc(OC)c1OC. The second kappa shape index (κ2) is 6.42. The molecule has 1 aromatic carbocycles. The Labute approximate surface area is 138 Å². The Kier molecular flexibility index (Phi) is 4.68. The minimum absolute atomic E-state index is 0.0996. The number of halogens is 3. The second-order valence-electron chi connectivity index (χ2n) is 4.74. The average Bonchev–Trinajstić information content (AvgIpc) is 2.56. The van der Waals surface area contributed by atoms with Crippen molar-refractivity contribution in [1.82, 2.24) is 9.24 Å². The van der Waals surface area contributed by atoms with Gasteiger partial charge in [-0.2, -0.15) is 13.2 Å². The van der Waals surface area contributed by atoms with E-state index in [1.165, 1.54) is 33.5 Å². The Morgan fingerprint density at radius 2 is 1.48 bits per heavy atom. The van der Waals surface area contributed by atoms with E-state index in [0.29, 0.717) is 4.57 Å². The lowest BCUT2D eigenvalue weighted by atomic mass is 10.2. The number of hydrogen-bond donors (Lipinski definition) is 1. The van der Waals surface area contributed by atoms with Crippen LogP contribution in [0.4, 0.5) is 13.2 Å². The highest BCUT2D eigenvalue weighted by molar-refractivity contribution is 5.58. The first-order valence-corrected chi connectivity index (χ1v) is 6.67. The largest absolute Gasteiger partial charge is 0.493 e. The molecule has 0 amide bonds. The summed E-state index contributed by atoms with van der Waals surface area (Å²) in [6.45, 7) is 0. The average molecular weight is 361 g/mol. The summed E-state index contributed by atoms with van der Waals surface area (Å²) >= 11 is 0. The lowest BCUT2D eigenvalue weighted by Crippen LogP contribution is -2.45. The topological polar surface area (TPSA) is 97.7 Å². The second-order valence-corrected chi connectivity index (χ2v) is 4.74. The highest BCUT2D eigenvalue weighted by atomic mass is 19.4. The molecule has 0 unspecified atom stereocenters. The van der Waals surface area contributed by atoms with Crippen LogP contribution in [0.2, 0.25) is 0 Å². The van der Waals surface area contributed by atoms with Gasteiger partial charge in [0, 0.05) is 18.2 Å². The van der Waals surface area contributed by atoms with Gasteiger partial charge in [0.25, 0.3) is 5.56 Å². The first-order chi connectivity index (χ1) is 11.6. The van der Waals surface area contributed by atoms with Crippen LogP contribution in [0, 0.1) is 0 Å². The van der Waals surface area contributed by atoms with Gasteiger partial charge in [-0.05, 0) is 0 Å². The fraction of sp³-hybridized carbons (Fsp3) is 0.286. The molecular weight excluding hydrogens is 347 g/mol. The van der Waals surface area contributed by atoms with Crippen molar-refractivity contribution >= 4 is 0 Å². The normalized spacial score (nSPS) is 11.3. The lowest BCUT2D eigenvalue weighted by Gasteiger charge is -2.16. The predicted molar refractivity (Wildman–Crippen MR) is 81.1 cm³/mol. The molecule has 0 saturated heterocycles. The maximum Gasteiger partial charge on any atom is 0.433 e. The molecule has 0 aliphatic carbocycles. The molecule has 0 bridgehead atoms. The molecule has 2 rings (SSSR count). The standard InChI is InChI=1S/C14H14F3N3O5/c1-23-8-4-7(5-9(24-2)12(8)25-3)19-11(21)6-10(14(15,16)17)20(18)13(19)22/h4-6H,18H2,1-3H3. The number of benzene rings is 1. The Morgan fingerprint density at radius 1 is 0.960 bits per heavy atom. The number of nitrogen functional groups attached to an aromatic ring is 1. The quantitative estimate of drug-likeness (QED) is 0.808. The smallest absolute Gasteiger partial charge is 0.433 e. The van der Waals surface area contributed by atoms with Crippen LogP contribution in [-0.2, 0) is 6.18 Å². The van der Waals surface area contributed by atoms with Crippen molar-refractivity contribution < 1.29 is 27.4 Å². The van der Waals surface area contributed by atoms with E-state index in [1.807, 2.05) is 0 Å². The Balaban J connectivity index is 2.82. The minimum Gasteiger partial charge on any atom is -0.493 e. The fourth-order valence-electron chi connectivity index (χ4n) is 2.21. The van der Waals surface area contributed by atoms with Crippen molar-refractivity contribution in [3.05, 3.63) is 44.7 Å². The molecule has 25 heavy (non-hydrogen) atoms. The van der Waals surface area contributed by atoms with Gasteiger partial charge < -0.3 is 20.1 Å². The van der Waals surface area contributed by atoms with Gasteiger partial charge in [0.15, 0.2) is 17.2 Å². The highest BCUT2D eigenvalue weighted by Gasteiger charge is 2.35. The van der Waals surface area contributed by atoms with E-state index < -0.39 is 23.1 Å². The Hall–Kier alpha value is -3.11. The van der Waals surface area contributed by atoms with Crippen LogP contribution >= 0.6 is 0 Å².